The van der Waals surface area contributed by atoms with E-state index in [1.165, 1.54) is 0 Å². The molecule has 4 rings (SSSR count). The van der Waals surface area contributed by atoms with Crippen molar-refractivity contribution < 1.29 is 14.4 Å². The number of benzene rings is 2. The van der Waals surface area contributed by atoms with Gasteiger partial charge in [0.2, 0.25) is 5.91 Å². The second-order valence-corrected chi connectivity index (χ2v) is 9.95. The summed E-state index contributed by atoms with van der Waals surface area (Å²) in [5.41, 5.74) is 4.57. The maximum Gasteiger partial charge on any atom is 0.313 e. The van der Waals surface area contributed by atoms with E-state index in [2.05, 4.69) is 33.5 Å². The molecule has 0 bridgehead atoms. The number of rotatable bonds is 6. The van der Waals surface area contributed by atoms with Gasteiger partial charge < -0.3 is 25.0 Å². The number of amides is 3. The highest BCUT2D eigenvalue weighted by Crippen LogP contribution is 2.31. The lowest BCUT2D eigenvalue weighted by atomic mass is 9.99. The summed E-state index contributed by atoms with van der Waals surface area (Å²) in [5, 5.41) is 6.61. The van der Waals surface area contributed by atoms with E-state index in [-0.39, 0.29) is 24.4 Å². The minimum Gasteiger partial charge on any atom is -0.350 e. The summed E-state index contributed by atoms with van der Waals surface area (Å²) in [4.78, 5) is 41.9. The number of anilines is 2. The first-order chi connectivity index (χ1) is 17.2. The first-order valence-electron chi connectivity index (χ1n) is 12.4. The van der Waals surface area contributed by atoms with Gasteiger partial charge in [0.25, 0.3) is 0 Å². The second-order valence-electron chi connectivity index (χ2n) is 9.95. The van der Waals surface area contributed by atoms with Gasteiger partial charge in [-0.05, 0) is 56.3 Å². The quantitative estimate of drug-likeness (QED) is 0.519. The van der Waals surface area contributed by atoms with Crippen LogP contribution >= 0.6 is 0 Å². The number of hydrogen-bond acceptors (Lipinski definition) is 4. The second kappa shape index (κ2) is 10.5. The van der Waals surface area contributed by atoms with Crippen molar-refractivity contribution in [3.05, 3.63) is 59.8 Å². The number of carbonyl (C=O) groups excluding carboxylic acids is 3. The molecule has 0 saturated heterocycles. The first-order valence-corrected chi connectivity index (χ1v) is 12.4. The number of nitrogens with zero attached hydrogens (tertiary/aromatic N) is 3. The monoisotopic (exact) mass is 489 g/mol. The zero-order valence-corrected chi connectivity index (χ0v) is 21.7. The molecule has 3 aromatic rings. The SMILES string of the molecule is CC(C)C(=O)N1CCCc2ccc(NC(=O)C(=O)NCC(c3cn(C)c4ccccc34)N(C)C)cc21. The third-order valence-corrected chi connectivity index (χ3v) is 6.79. The smallest absolute Gasteiger partial charge is 0.313 e. The van der Waals surface area contributed by atoms with Gasteiger partial charge in [-0.2, -0.15) is 0 Å². The lowest BCUT2D eigenvalue weighted by molar-refractivity contribution is -0.136. The molecule has 190 valence electrons. The largest absolute Gasteiger partial charge is 0.350 e. The Morgan fingerprint density at radius 3 is 2.53 bits per heavy atom. The van der Waals surface area contributed by atoms with E-state index in [9.17, 15) is 14.4 Å². The van der Waals surface area contributed by atoms with Crippen molar-refractivity contribution in [1.82, 2.24) is 14.8 Å². The molecule has 36 heavy (non-hydrogen) atoms. The lowest BCUT2D eigenvalue weighted by Crippen LogP contribution is -2.40. The molecule has 1 atom stereocenters. The minimum absolute atomic E-state index is 0.0559. The number of nitrogens with one attached hydrogen (secondary N) is 2. The van der Waals surface area contributed by atoms with E-state index in [0.29, 0.717) is 12.2 Å². The Balaban J connectivity index is 1.45. The average molecular weight is 490 g/mol. The van der Waals surface area contributed by atoms with E-state index < -0.39 is 11.8 Å². The molecule has 0 saturated carbocycles. The summed E-state index contributed by atoms with van der Waals surface area (Å²) in [7, 11) is 5.91. The van der Waals surface area contributed by atoms with Gasteiger partial charge in [0.15, 0.2) is 0 Å². The van der Waals surface area contributed by atoms with E-state index in [0.717, 1.165) is 40.6 Å². The molecule has 2 N–H and O–H groups in total. The van der Waals surface area contributed by atoms with E-state index in [1.807, 2.05) is 58.1 Å². The number of para-hydroxylation sites is 1. The van der Waals surface area contributed by atoms with E-state index in [4.69, 9.17) is 0 Å². The summed E-state index contributed by atoms with van der Waals surface area (Å²) in [6.07, 6.45) is 3.86. The van der Waals surface area contributed by atoms with Crippen LogP contribution in [0.3, 0.4) is 0 Å². The van der Waals surface area contributed by atoms with Crippen molar-refractivity contribution in [1.29, 1.82) is 0 Å². The van der Waals surface area contributed by atoms with Crippen LogP contribution in [0.15, 0.2) is 48.7 Å². The zero-order valence-electron chi connectivity index (χ0n) is 21.7. The first kappa shape index (κ1) is 25.4. The molecule has 1 unspecified atom stereocenters. The fourth-order valence-electron chi connectivity index (χ4n) is 4.86. The Labute approximate surface area is 212 Å². The van der Waals surface area contributed by atoms with Gasteiger partial charge in [0, 0.05) is 54.5 Å². The average Bonchev–Trinajstić information content (AvgIpc) is 3.19. The molecule has 0 spiro atoms. The van der Waals surface area contributed by atoms with Crippen molar-refractivity contribution >= 4 is 40.0 Å². The minimum atomic E-state index is -0.733. The maximum absolute atomic E-state index is 12.7. The van der Waals surface area contributed by atoms with Crippen LogP contribution in [0.25, 0.3) is 10.9 Å². The normalized spacial score (nSPS) is 14.1. The maximum atomic E-state index is 12.7. The molecule has 2 aromatic carbocycles. The van der Waals surface area contributed by atoms with Crippen LogP contribution in [-0.4, -0.2) is 54.4 Å². The van der Waals surface area contributed by atoms with Crippen molar-refractivity contribution in [3.63, 3.8) is 0 Å². The molecular formula is C28H35N5O3. The molecular weight excluding hydrogens is 454 g/mol. The predicted octanol–water partition coefficient (Wildman–Crippen LogP) is 3.47. The van der Waals surface area contributed by atoms with Crippen molar-refractivity contribution in [2.45, 2.75) is 32.7 Å². The molecule has 0 fully saturated rings. The summed E-state index contributed by atoms with van der Waals surface area (Å²) >= 11 is 0. The highest BCUT2D eigenvalue weighted by atomic mass is 16.2. The standard InChI is InChI=1S/C28H35N5O3/c1-18(2)28(36)33-14-8-9-19-12-13-20(15-24(19)33)30-27(35)26(34)29-16-25(31(3)4)22-17-32(5)23-11-7-6-10-21(22)23/h6-7,10-13,15,17-18,25H,8-9,14,16H2,1-5H3,(H,29,34)(H,30,35). The van der Waals surface area contributed by atoms with Crippen LogP contribution in [-0.2, 0) is 27.9 Å². The van der Waals surface area contributed by atoms with Gasteiger partial charge in [-0.15, -0.1) is 0 Å². The van der Waals surface area contributed by atoms with Crippen LogP contribution in [0.2, 0.25) is 0 Å². The van der Waals surface area contributed by atoms with Crippen LogP contribution in [0, 0.1) is 5.92 Å². The Bertz CT molecular complexity index is 1290. The summed E-state index contributed by atoms with van der Waals surface area (Å²) in [6, 6.07) is 13.5. The predicted molar refractivity (Wildman–Crippen MR) is 143 cm³/mol. The molecule has 8 nitrogen and oxygen atoms in total. The van der Waals surface area contributed by atoms with Crippen LogP contribution in [0.1, 0.15) is 37.4 Å². The molecule has 1 aliphatic heterocycles. The fraction of sp³-hybridized carbons (Fsp3) is 0.393. The van der Waals surface area contributed by atoms with Crippen LogP contribution < -0.4 is 15.5 Å². The number of aryl methyl sites for hydroxylation is 2. The molecule has 3 amide bonds. The highest BCUT2D eigenvalue weighted by molar-refractivity contribution is 6.39. The molecule has 0 aliphatic carbocycles. The van der Waals surface area contributed by atoms with E-state index in [1.54, 1.807) is 17.0 Å². The summed E-state index contributed by atoms with van der Waals surface area (Å²) in [5.74, 6) is -1.50. The summed E-state index contributed by atoms with van der Waals surface area (Å²) in [6.45, 7) is 4.70. The number of carbonyl (C=O) groups is 3. The van der Waals surface area contributed by atoms with Gasteiger partial charge >= 0.3 is 11.8 Å². The van der Waals surface area contributed by atoms with E-state index >= 15 is 0 Å². The van der Waals surface area contributed by atoms with Gasteiger partial charge in [-0.3, -0.25) is 14.4 Å². The summed E-state index contributed by atoms with van der Waals surface area (Å²) < 4.78 is 2.07. The Morgan fingerprint density at radius 1 is 1.06 bits per heavy atom. The number of hydrogen-bond donors (Lipinski definition) is 2. The van der Waals surface area contributed by atoms with Crippen molar-refractivity contribution in [2.75, 3.05) is 37.4 Å². The Kier molecular flexibility index (Phi) is 7.45. The third kappa shape index (κ3) is 5.14. The van der Waals surface area contributed by atoms with Crippen molar-refractivity contribution in [2.24, 2.45) is 13.0 Å². The van der Waals surface area contributed by atoms with Crippen molar-refractivity contribution in [3.8, 4) is 0 Å². The van der Waals surface area contributed by atoms with Gasteiger partial charge in [-0.1, -0.05) is 38.1 Å². The van der Waals surface area contributed by atoms with Gasteiger partial charge in [-0.25, -0.2) is 0 Å². The molecule has 1 aromatic heterocycles. The lowest BCUT2D eigenvalue weighted by Gasteiger charge is -2.31. The number of fused-ring (bicyclic) bond motifs is 2. The van der Waals surface area contributed by atoms with Crippen LogP contribution in [0.4, 0.5) is 11.4 Å². The van der Waals surface area contributed by atoms with Gasteiger partial charge in [0.05, 0.1) is 6.04 Å². The van der Waals surface area contributed by atoms with Crippen LogP contribution in [0.5, 0.6) is 0 Å². The molecule has 2 heterocycles. The molecule has 1 aliphatic rings. The highest BCUT2D eigenvalue weighted by Gasteiger charge is 2.26. The zero-order chi connectivity index (χ0) is 26.0. The Morgan fingerprint density at radius 2 is 1.81 bits per heavy atom. The molecule has 8 heteroatoms. The third-order valence-electron chi connectivity index (χ3n) is 6.79. The number of aromatic nitrogens is 1. The Hall–Kier alpha value is -3.65. The fourth-order valence-corrected chi connectivity index (χ4v) is 4.86. The van der Waals surface area contributed by atoms with Gasteiger partial charge in [0.1, 0.15) is 0 Å². The molecule has 0 radical (unpaired) electrons. The topological polar surface area (TPSA) is 86.7 Å². The number of likely N-dealkylation sites (N-methyl/N-ethyl adjacent to an activating group) is 1.